The van der Waals surface area contributed by atoms with Crippen molar-refractivity contribution in [1.29, 1.82) is 0 Å². The summed E-state index contributed by atoms with van der Waals surface area (Å²) < 4.78 is 0. The van der Waals surface area contributed by atoms with E-state index >= 15 is 0 Å². The molecule has 2 nitrogen and oxygen atoms in total. The first-order valence-electron chi connectivity index (χ1n) is 7.80. The number of rotatable bonds is 0. The zero-order valence-corrected chi connectivity index (χ0v) is 10.7. The summed E-state index contributed by atoms with van der Waals surface area (Å²) in [5.41, 5.74) is 0. The fourth-order valence-electron chi connectivity index (χ4n) is 6.77. The quantitative estimate of drug-likeness (QED) is 0.640. The second-order valence-electron chi connectivity index (χ2n) is 7.57. The van der Waals surface area contributed by atoms with Crippen molar-refractivity contribution in [3.8, 4) is 0 Å². The van der Waals surface area contributed by atoms with Gasteiger partial charge >= 0.3 is 0 Å². The smallest absolute Gasteiger partial charge is 0.0612 e. The standard InChI is InChI=1S/C16H22O2/c17-15-11-7-1-2-8(5-7)12(11)16(18)14-10-4-3-9(6-10)13(14)15/h1-2,7-18H,3-6H2. The highest BCUT2D eigenvalue weighted by Gasteiger charge is 2.64. The molecular formula is C16H22O2. The van der Waals surface area contributed by atoms with Gasteiger partial charge in [-0.25, -0.2) is 0 Å². The Labute approximate surface area is 108 Å². The summed E-state index contributed by atoms with van der Waals surface area (Å²) >= 11 is 0. The van der Waals surface area contributed by atoms with Crippen LogP contribution in [-0.4, -0.2) is 22.4 Å². The van der Waals surface area contributed by atoms with Crippen LogP contribution in [0.5, 0.6) is 0 Å². The van der Waals surface area contributed by atoms with E-state index in [9.17, 15) is 10.2 Å². The third kappa shape index (κ3) is 1.01. The lowest BCUT2D eigenvalue weighted by molar-refractivity contribution is -0.138. The maximum Gasteiger partial charge on any atom is 0.0612 e. The lowest BCUT2D eigenvalue weighted by Gasteiger charge is -2.50. The van der Waals surface area contributed by atoms with E-state index in [0.29, 0.717) is 47.3 Å². The fourth-order valence-corrected chi connectivity index (χ4v) is 6.77. The second-order valence-corrected chi connectivity index (χ2v) is 7.57. The third-order valence-electron chi connectivity index (χ3n) is 7.21. The van der Waals surface area contributed by atoms with E-state index in [4.69, 9.17) is 0 Å². The molecule has 4 saturated carbocycles. The first kappa shape index (κ1) is 10.4. The Bertz CT molecular complexity index is 381. The highest BCUT2D eigenvalue weighted by molar-refractivity contribution is 5.21. The lowest BCUT2D eigenvalue weighted by atomic mass is 9.58. The Hall–Kier alpha value is -0.340. The zero-order valence-electron chi connectivity index (χ0n) is 10.7. The van der Waals surface area contributed by atoms with Crippen LogP contribution in [0.3, 0.4) is 0 Å². The maximum atomic E-state index is 10.9. The molecule has 2 heteroatoms. The van der Waals surface area contributed by atoms with Gasteiger partial charge < -0.3 is 10.2 Å². The van der Waals surface area contributed by atoms with Gasteiger partial charge in [0.05, 0.1) is 12.2 Å². The van der Waals surface area contributed by atoms with E-state index in [2.05, 4.69) is 12.2 Å². The molecule has 2 N–H and O–H groups in total. The predicted octanol–water partition coefficient (Wildman–Crippen LogP) is 1.82. The summed E-state index contributed by atoms with van der Waals surface area (Å²) in [4.78, 5) is 0. The van der Waals surface area contributed by atoms with Gasteiger partial charge in [-0.05, 0) is 73.0 Å². The number of hydrogen-bond acceptors (Lipinski definition) is 2. The molecule has 0 aromatic heterocycles. The van der Waals surface area contributed by atoms with Crippen LogP contribution in [0.1, 0.15) is 25.7 Å². The van der Waals surface area contributed by atoms with Crippen molar-refractivity contribution in [2.75, 3.05) is 0 Å². The van der Waals surface area contributed by atoms with Gasteiger partial charge in [0.15, 0.2) is 0 Å². The molecule has 0 heterocycles. The SMILES string of the molecule is OC1C2C3C=CC(C3)C2C(O)C2C3CCC(C3)C12. The molecule has 0 aromatic carbocycles. The highest BCUT2D eigenvalue weighted by atomic mass is 16.3. The van der Waals surface area contributed by atoms with Crippen LogP contribution >= 0.6 is 0 Å². The summed E-state index contributed by atoms with van der Waals surface area (Å²) in [6.45, 7) is 0. The molecule has 0 radical (unpaired) electrons. The van der Waals surface area contributed by atoms with Crippen LogP contribution in [0, 0.1) is 47.3 Å². The highest BCUT2D eigenvalue weighted by Crippen LogP contribution is 2.64. The molecule has 0 saturated heterocycles. The number of fused-ring (bicyclic) bond motifs is 10. The van der Waals surface area contributed by atoms with Gasteiger partial charge in [0.25, 0.3) is 0 Å². The van der Waals surface area contributed by atoms with Gasteiger partial charge in [-0.3, -0.25) is 0 Å². The Balaban J connectivity index is 1.59. The lowest BCUT2D eigenvalue weighted by Crippen LogP contribution is -2.55. The summed E-state index contributed by atoms with van der Waals surface area (Å²) in [6, 6.07) is 0. The van der Waals surface area contributed by atoms with E-state index in [1.165, 1.54) is 25.7 Å². The van der Waals surface area contributed by atoms with E-state index in [1.807, 2.05) is 0 Å². The second kappa shape index (κ2) is 3.21. The van der Waals surface area contributed by atoms with Crippen molar-refractivity contribution in [3.05, 3.63) is 12.2 Å². The fraction of sp³-hybridized carbons (Fsp3) is 0.875. The number of aliphatic hydroxyl groups excluding tert-OH is 2. The van der Waals surface area contributed by atoms with Crippen LogP contribution in [0.15, 0.2) is 12.2 Å². The monoisotopic (exact) mass is 246 g/mol. The summed E-state index contributed by atoms with van der Waals surface area (Å²) in [7, 11) is 0. The zero-order chi connectivity index (χ0) is 12.0. The first-order valence-corrected chi connectivity index (χ1v) is 7.80. The van der Waals surface area contributed by atoms with E-state index < -0.39 is 0 Å². The minimum Gasteiger partial charge on any atom is -0.392 e. The maximum absolute atomic E-state index is 10.9. The van der Waals surface area contributed by atoms with Crippen molar-refractivity contribution in [1.82, 2.24) is 0 Å². The molecule has 10 unspecified atom stereocenters. The van der Waals surface area contributed by atoms with Crippen molar-refractivity contribution in [2.24, 2.45) is 47.3 Å². The average molecular weight is 246 g/mol. The molecule has 10 atom stereocenters. The molecule has 0 spiro atoms. The molecule has 5 aliphatic rings. The summed E-state index contributed by atoms with van der Waals surface area (Å²) in [5, 5.41) is 21.7. The van der Waals surface area contributed by atoms with E-state index in [-0.39, 0.29) is 12.2 Å². The minimum atomic E-state index is -0.126. The normalized spacial score (nSPS) is 67.4. The molecule has 0 aliphatic heterocycles. The molecule has 5 aliphatic carbocycles. The first-order chi connectivity index (χ1) is 8.75. The molecule has 4 fully saturated rings. The Morgan fingerprint density at radius 1 is 0.667 bits per heavy atom. The average Bonchev–Trinajstić information content (AvgIpc) is 3.10. The van der Waals surface area contributed by atoms with Crippen LogP contribution in [0.4, 0.5) is 0 Å². The predicted molar refractivity (Wildman–Crippen MR) is 67.5 cm³/mol. The van der Waals surface area contributed by atoms with E-state index in [0.717, 1.165) is 0 Å². The van der Waals surface area contributed by atoms with Crippen molar-refractivity contribution in [3.63, 3.8) is 0 Å². The molecular weight excluding hydrogens is 224 g/mol. The van der Waals surface area contributed by atoms with Gasteiger partial charge in [0.1, 0.15) is 0 Å². The molecule has 0 amide bonds. The summed E-state index contributed by atoms with van der Waals surface area (Å²) in [5.74, 6) is 4.14. The van der Waals surface area contributed by atoms with Crippen molar-refractivity contribution >= 4 is 0 Å². The van der Waals surface area contributed by atoms with Gasteiger partial charge in [-0.2, -0.15) is 0 Å². The van der Waals surface area contributed by atoms with Crippen molar-refractivity contribution in [2.45, 2.75) is 37.9 Å². The number of hydrogen-bond donors (Lipinski definition) is 2. The topological polar surface area (TPSA) is 40.5 Å². The molecule has 5 rings (SSSR count). The van der Waals surface area contributed by atoms with Crippen LogP contribution < -0.4 is 0 Å². The number of aliphatic hydroxyl groups is 2. The Morgan fingerprint density at radius 3 is 1.67 bits per heavy atom. The number of allylic oxidation sites excluding steroid dienone is 2. The molecule has 0 aromatic rings. The summed E-state index contributed by atoms with van der Waals surface area (Å²) in [6.07, 6.45) is 9.46. The molecule has 98 valence electrons. The van der Waals surface area contributed by atoms with Crippen LogP contribution in [0.2, 0.25) is 0 Å². The minimum absolute atomic E-state index is 0.126. The third-order valence-corrected chi connectivity index (χ3v) is 7.21. The van der Waals surface area contributed by atoms with Crippen LogP contribution in [0.25, 0.3) is 0 Å². The van der Waals surface area contributed by atoms with Crippen LogP contribution in [-0.2, 0) is 0 Å². The van der Waals surface area contributed by atoms with Gasteiger partial charge in [-0.1, -0.05) is 12.2 Å². The van der Waals surface area contributed by atoms with Crippen molar-refractivity contribution < 1.29 is 10.2 Å². The van der Waals surface area contributed by atoms with Gasteiger partial charge in [-0.15, -0.1) is 0 Å². The largest absolute Gasteiger partial charge is 0.392 e. The van der Waals surface area contributed by atoms with Gasteiger partial charge in [0.2, 0.25) is 0 Å². The molecule has 18 heavy (non-hydrogen) atoms. The molecule has 4 bridgehead atoms. The van der Waals surface area contributed by atoms with E-state index in [1.54, 1.807) is 0 Å². The Morgan fingerprint density at radius 2 is 1.17 bits per heavy atom. The van der Waals surface area contributed by atoms with Gasteiger partial charge in [0, 0.05) is 0 Å². The Kier molecular flexibility index (Phi) is 1.86.